The van der Waals surface area contributed by atoms with Gasteiger partial charge in [-0.2, -0.15) is 0 Å². The van der Waals surface area contributed by atoms with E-state index in [1.807, 2.05) is 0 Å². The molecule has 1 aromatic carbocycles. The Labute approximate surface area is 152 Å². The summed E-state index contributed by atoms with van der Waals surface area (Å²) in [6, 6.07) is 4.20. The molecule has 142 valence electrons. The van der Waals surface area contributed by atoms with Crippen molar-refractivity contribution in [3.63, 3.8) is 0 Å². The monoisotopic (exact) mass is 364 g/mol. The average molecular weight is 364 g/mol. The van der Waals surface area contributed by atoms with E-state index in [2.05, 4.69) is 19.2 Å². The number of carbonyl (C=O) groups excluding carboxylic acids is 3. The van der Waals surface area contributed by atoms with Crippen LogP contribution in [0.2, 0.25) is 0 Å². The summed E-state index contributed by atoms with van der Waals surface area (Å²) in [6.45, 7) is 4.92. The van der Waals surface area contributed by atoms with E-state index in [0.717, 1.165) is 11.3 Å². The number of nitrogens with one attached hydrogen (secondary N) is 1. The second kappa shape index (κ2) is 9.07. The molecule has 2 rings (SSSR count). The van der Waals surface area contributed by atoms with Gasteiger partial charge < -0.3 is 19.5 Å². The second-order valence-electron chi connectivity index (χ2n) is 6.25. The zero-order chi connectivity index (χ0) is 19.1. The topological polar surface area (TPSA) is 94.2 Å². The smallest absolute Gasteiger partial charge is 0.338 e. The van der Waals surface area contributed by atoms with Crippen LogP contribution < -0.4 is 14.8 Å². The summed E-state index contributed by atoms with van der Waals surface area (Å²) in [4.78, 5) is 36.4. The number of hydrogen-bond acceptors (Lipinski definition) is 6. The molecule has 8 nitrogen and oxygen atoms in total. The zero-order valence-electron chi connectivity index (χ0n) is 15.2. The summed E-state index contributed by atoms with van der Waals surface area (Å²) < 4.78 is 15.9. The normalized spacial score (nSPS) is 13.5. The van der Waals surface area contributed by atoms with Gasteiger partial charge in [-0.1, -0.05) is 13.8 Å². The van der Waals surface area contributed by atoms with Crippen molar-refractivity contribution >= 4 is 17.9 Å². The standard InChI is InChI=1S/C18H24N2O6/c1-12(2)6-9-25-14-5-4-13(10-15(14)24-3)17(22)26-11-16(21)20-8-7-19-18(20)23/h4-5,10,12H,6-9,11H2,1-3H3,(H,19,23). The quantitative estimate of drug-likeness (QED) is 0.707. The van der Waals surface area contributed by atoms with Crippen LogP contribution in [0.3, 0.4) is 0 Å². The molecule has 0 spiro atoms. The van der Waals surface area contributed by atoms with Gasteiger partial charge in [0.25, 0.3) is 5.91 Å². The van der Waals surface area contributed by atoms with Gasteiger partial charge in [0, 0.05) is 13.1 Å². The molecule has 0 aliphatic carbocycles. The van der Waals surface area contributed by atoms with E-state index < -0.39 is 24.5 Å². The molecule has 0 saturated carbocycles. The number of amides is 3. The fraction of sp³-hybridized carbons (Fsp3) is 0.500. The number of imide groups is 1. The first-order valence-corrected chi connectivity index (χ1v) is 8.48. The van der Waals surface area contributed by atoms with Crippen LogP contribution in [0.15, 0.2) is 18.2 Å². The highest BCUT2D eigenvalue weighted by Crippen LogP contribution is 2.28. The number of rotatable bonds is 8. The number of nitrogens with zero attached hydrogens (tertiary/aromatic N) is 1. The SMILES string of the molecule is COc1cc(C(=O)OCC(=O)N2CCNC2=O)ccc1OCCC(C)C. The molecule has 0 radical (unpaired) electrons. The van der Waals surface area contributed by atoms with Crippen molar-refractivity contribution in [1.29, 1.82) is 0 Å². The molecule has 0 atom stereocenters. The molecular formula is C18H24N2O6. The predicted octanol–water partition coefficient (Wildman–Crippen LogP) is 1.83. The number of ether oxygens (including phenoxy) is 3. The molecule has 1 heterocycles. The van der Waals surface area contributed by atoms with Gasteiger partial charge in [-0.3, -0.25) is 9.69 Å². The van der Waals surface area contributed by atoms with E-state index in [4.69, 9.17) is 14.2 Å². The van der Waals surface area contributed by atoms with Crippen molar-refractivity contribution in [2.75, 3.05) is 33.4 Å². The Kier molecular flexibility index (Phi) is 6.82. The number of esters is 1. The Hall–Kier alpha value is -2.77. The minimum atomic E-state index is -0.676. The second-order valence-corrected chi connectivity index (χ2v) is 6.25. The molecule has 26 heavy (non-hydrogen) atoms. The average Bonchev–Trinajstić information content (AvgIpc) is 3.05. The van der Waals surface area contributed by atoms with Crippen molar-refractivity contribution in [1.82, 2.24) is 10.2 Å². The van der Waals surface area contributed by atoms with Gasteiger partial charge in [0.2, 0.25) is 0 Å². The molecule has 1 aromatic rings. The lowest BCUT2D eigenvalue weighted by Gasteiger charge is -2.14. The van der Waals surface area contributed by atoms with Crippen LogP contribution in [0.4, 0.5) is 4.79 Å². The van der Waals surface area contributed by atoms with Crippen molar-refractivity contribution in [2.24, 2.45) is 5.92 Å². The Bertz CT molecular complexity index is 674. The molecule has 0 unspecified atom stereocenters. The van der Waals surface area contributed by atoms with Crippen LogP contribution >= 0.6 is 0 Å². The number of urea groups is 1. The highest BCUT2D eigenvalue weighted by molar-refractivity contribution is 5.98. The Balaban J connectivity index is 1.93. The molecule has 8 heteroatoms. The number of carbonyl (C=O) groups is 3. The largest absolute Gasteiger partial charge is 0.493 e. The summed E-state index contributed by atoms with van der Waals surface area (Å²) in [5, 5.41) is 2.51. The van der Waals surface area contributed by atoms with Gasteiger partial charge >= 0.3 is 12.0 Å². The first-order chi connectivity index (χ1) is 12.4. The highest BCUT2D eigenvalue weighted by Gasteiger charge is 2.27. The third-order valence-electron chi connectivity index (χ3n) is 3.84. The van der Waals surface area contributed by atoms with E-state index in [-0.39, 0.29) is 12.1 Å². The lowest BCUT2D eigenvalue weighted by molar-refractivity contribution is -0.130. The summed E-state index contributed by atoms with van der Waals surface area (Å²) >= 11 is 0. The maximum Gasteiger partial charge on any atom is 0.338 e. The maximum absolute atomic E-state index is 12.1. The van der Waals surface area contributed by atoms with Crippen LogP contribution in [-0.4, -0.2) is 56.2 Å². The molecule has 0 bridgehead atoms. The van der Waals surface area contributed by atoms with E-state index in [9.17, 15) is 14.4 Å². The van der Waals surface area contributed by atoms with Crippen molar-refractivity contribution in [3.05, 3.63) is 23.8 Å². The molecule has 1 fully saturated rings. The van der Waals surface area contributed by atoms with E-state index in [1.165, 1.54) is 13.2 Å². The first-order valence-electron chi connectivity index (χ1n) is 8.48. The molecule has 3 amide bonds. The van der Waals surface area contributed by atoms with Crippen LogP contribution in [0, 0.1) is 5.92 Å². The van der Waals surface area contributed by atoms with E-state index >= 15 is 0 Å². The molecule has 1 aliphatic heterocycles. The fourth-order valence-corrected chi connectivity index (χ4v) is 2.32. The first kappa shape index (κ1) is 19.6. The third kappa shape index (κ3) is 5.11. The van der Waals surface area contributed by atoms with Crippen LogP contribution in [-0.2, 0) is 9.53 Å². The van der Waals surface area contributed by atoms with Gasteiger partial charge in [-0.05, 0) is 30.5 Å². The summed E-state index contributed by atoms with van der Waals surface area (Å²) in [6.07, 6.45) is 0.902. The molecule has 1 N–H and O–H groups in total. The van der Waals surface area contributed by atoms with Gasteiger partial charge in [-0.25, -0.2) is 9.59 Å². The van der Waals surface area contributed by atoms with Crippen LogP contribution in [0.5, 0.6) is 11.5 Å². The molecule has 1 aliphatic rings. The zero-order valence-corrected chi connectivity index (χ0v) is 15.2. The fourth-order valence-electron chi connectivity index (χ4n) is 2.32. The van der Waals surface area contributed by atoms with Crippen molar-refractivity contribution < 1.29 is 28.6 Å². The van der Waals surface area contributed by atoms with Crippen LogP contribution in [0.1, 0.15) is 30.6 Å². The van der Waals surface area contributed by atoms with Crippen molar-refractivity contribution in [3.8, 4) is 11.5 Å². The van der Waals surface area contributed by atoms with Gasteiger partial charge in [0.05, 0.1) is 19.3 Å². The van der Waals surface area contributed by atoms with Gasteiger partial charge in [-0.15, -0.1) is 0 Å². The summed E-state index contributed by atoms with van der Waals surface area (Å²) in [5.74, 6) is 0.229. The Morgan fingerprint density at radius 2 is 2.04 bits per heavy atom. The predicted molar refractivity (Wildman–Crippen MR) is 93.3 cm³/mol. The van der Waals surface area contributed by atoms with Crippen molar-refractivity contribution in [2.45, 2.75) is 20.3 Å². The Morgan fingerprint density at radius 3 is 2.65 bits per heavy atom. The van der Waals surface area contributed by atoms with E-state index in [0.29, 0.717) is 30.6 Å². The van der Waals surface area contributed by atoms with E-state index in [1.54, 1.807) is 12.1 Å². The number of hydrogen-bond donors (Lipinski definition) is 1. The minimum absolute atomic E-state index is 0.233. The maximum atomic E-state index is 12.1. The number of benzene rings is 1. The summed E-state index contributed by atoms with van der Waals surface area (Å²) in [7, 11) is 1.48. The lowest BCUT2D eigenvalue weighted by Crippen LogP contribution is -2.37. The van der Waals surface area contributed by atoms with Crippen LogP contribution in [0.25, 0.3) is 0 Å². The molecule has 0 aromatic heterocycles. The third-order valence-corrected chi connectivity index (χ3v) is 3.84. The van der Waals surface area contributed by atoms with Gasteiger partial charge in [0.15, 0.2) is 18.1 Å². The molecule has 1 saturated heterocycles. The highest BCUT2D eigenvalue weighted by atomic mass is 16.5. The summed E-state index contributed by atoms with van der Waals surface area (Å²) in [5.41, 5.74) is 0.233. The minimum Gasteiger partial charge on any atom is -0.493 e. The molecular weight excluding hydrogens is 340 g/mol. The number of methoxy groups -OCH3 is 1. The Morgan fingerprint density at radius 1 is 1.27 bits per heavy atom. The lowest BCUT2D eigenvalue weighted by atomic mass is 10.1. The van der Waals surface area contributed by atoms with Gasteiger partial charge in [0.1, 0.15) is 0 Å².